The minimum atomic E-state index is -5.18. The molecule has 3 aliphatic carbocycles. The van der Waals surface area contributed by atoms with Crippen molar-refractivity contribution in [2.24, 2.45) is 40.9 Å². The Kier molecular flexibility index (Phi) is 31.8. The molecule has 0 aromatic carbocycles. The molecular formula is C77H123F5N12O13. The fourth-order valence-corrected chi connectivity index (χ4v) is 17.3. The summed E-state index contributed by atoms with van der Waals surface area (Å²) in [5, 5.41) is 8.58. The summed E-state index contributed by atoms with van der Waals surface area (Å²) in [5.74, 6) is -13.6. The average Bonchev–Trinajstić information content (AvgIpc) is 1.11. The van der Waals surface area contributed by atoms with E-state index in [2.05, 4.69) is 22.0 Å². The molecule has 604 valence electrons. The molecule has 5 fully saturated rings. The van der Waals surface area contributed by atoms with E-state index in [1.165, 1.54) is 80.9 Å². The fourth-order valence-electron chi connectivity index (χ4n) is 17.3. The quantitative estimate of drug-likeness (QED) is 0.115. The Balaban J connectivity index is 1.49. The molecule has 3 heterocycles. The third-order valence-electron chi connectivity index (χ3n) is 23.6. The minimum Gasteiger partial charge on any atom is -0.377 e. The van der Waals surface area contributed by atoms with E-state index in [0.717, 1.165) is 32.4 Å². The van der Waals surface area contributed by atoms with Gasteiger partial charge in [-0.25, -0.2) is 8.78 Å². The Hall–Kier alpha value is -7.27. The predicted molar refractivity (Wildman–Crippen MR) is 392 cm³/mol. The highest BCUT2D eigenvalue weighted by atomic mass is 19.4. The van der Waals surface area contributed by atoms with E-state index in [4.69, 9.17) is 4.74 Å². The van der Waals surface area contributed by atoms with Crippen LogP contribution in [0.15, 0.2) is 24.3 Å². The van der Waals surface area contributed by atoms with Crippen LogP contribution in [0.5, 0.6) is 0 Å². The lowest BCUT2D eigenvalue weighted by Crippen LogP contribution is -2.71. The van der Waals surface area contributed by atoms with Crippen LogP contribution in [0.2, 0.25) is 0 Å². The topological polar surface area (TPSA) is 279 Å². The summed E-state index contributed by atoms with van der Waals surface area (Å²) in [6.45, 7) is 14.8. The second-order valence-electron chi connectivity index (χ2n) is 32.2. The van der Waals surface area contributed by atoms with Crippen LogP contribution in [0.3, 0.4) is 0 Å². The lowest BCUT2D eigenvalue weighted by Gasteiger charge is -2.54. The van der Waals surface area contributed by atoms with Crippen molar-refractivity contribution in [3.05, 3.63) is 24.3 Å². The summed E-state index contributed by atoms with van der Waals surface area (Å²) in [7, 11) is 11.2. The molecule has 2 bridgehead atoms. The molecule has 6 rings (SSSR count). The first-order valence-electron chi connectivity index (χ1n) is 38.7. The van der Waals surface area contributed by atoms with Gasteiger partial charge in [0.05, 0.1) is 25.6 Å². The highest BCUT2D eigenvalue weighted by molar-refractivity contribution is 6.01. The number of hydrogen-bond acceptors (Lipinski definition) is 13. The van der Waals surface area contributed by atoms with Gasteiger partial charge in [0.1, 0.15) is 72.1 Å². The number of hydrogen-bond donors (Lipinski definition) is 3. The number of alkyl halides is 5. The number of nitrogens with one attached hydrogen (secondary N) is 3. The molecule has 3 N–H and O–H groups in total. The van der Waals surface area contributed by atoms with Crippen LogP contribution in [-0.2, 0) is 62.3 Å². The first-order valence-corrected chi connectivity index (χ1v) is 38.7. The van der Waals surface area contributed by atoms with E-state index in [1.807, 2.05) is 53.7 Å². The number of carbonyl (C=O) groups excluding carboxylic acids is 12. The van der Waals surface area contributed by atoms with Gasteiger partial charge in [0.2, 0.25) is 70.9 Å². The zero-order chi connectivity index (χ0) is 80.1. The number of ether oxygens (including phenoxy) is 1. The Morgan fingerprint density at radius 2 is 1.30 bits per heavy atom. The van der Waals surface area contributed by atoms with Crippen LogP contribution in [0.1, 0.15) is 184 Å². The molecule has 0 aromatic heterocycles. The van der Waals surface area contributed by atoms with Crippen molar-refractivity contribution < 1.29 is 84.2 Å². The van der Waals surface area contributed by atoms with Gasteiger partial charge in [-0.3, -0.25) is 57.5 Å². The van der Waals surface area contributed by atoms with Crippen molar-refractivity contribution >= 4 is 70.9 Å². The number of amides is 12. The molecule has 0 aromatic rings. The molecule has 25 nitrogen and oxygen atoms in total. The second-order valence-corrected chi connectivity index (χ2v) is 32.2. The molecule has 2 saturated heterocycles. The number of rotatable bonds is 15. The fraction of sp³-hybridized carbons (Fsp3) is 0.792. The maximum Gasteiger partial charge on any atom is 0.397 e. The molecule has 12 atom stereocenters. The Morgan fingerprint density at radius 1 is 0.682 bits per heavy atom. The molecule has 6 aliphatic rings. The summed E-state index contributed by atoms with van der Waals surface area (Å²) in [5.41, 5.74) is -2.32. The second kappa shape index (κ2) is 38.4. The van der Waals surface area contributed by atoms with Crippen LogP contribution >= 0.6 is 0 Å². The van der Waals surface area contributed by atoms with Crippen molar-refractivity contribution in [2.75, 3.05) is 89.2 Å². The monoisotopic (exact) mass is 1520 g/mol. The van der Waals surface area contributed by atoms with Crippen molar-refractivity contribution in [1.82, 2.24) is 60.0 Å². The van der Waals surface area contributed by atoms with Crippen LogP contribution in [0.25, 0.3) is 0 Å². The molecule has 2 unspecified atom stereocenters. The summed E-state index contributed by atoms with van der Waals surface area (Å²) in [6.07, 6.45) is -1.84. The number of likely N-dealkylation sites (N-methyl/N-ethyl adjacent to an activating group) is 7. The molecule has 107 heavy (non-hydrogen) atoms. The standard InChI is InChI=1S/C77H123F5N12O13/c1-18-27-47-29-31-48(32-30-47)38-59-70(102)87(12)42-60(95)83-54(34-33-49-36-52(78)63(53(79)37-49)77(80,81)82)68(100)94-41-51(107-23-6)39-57(94)67(99)85-76(44-75(8,9)45-76)74(106)92(17)65(50(20-3)21-4)73(105)91(16)58(69(101)86(10)11)40-61(96)89(14)55(22-5)66(98)84-64(46(7)19-2)72(104)88(13)43-62(97)90(15)56-28-25-24-26-35-93(59)71(56)103/h18,24-25,27,46-59,63-65H,19-23,26,28-45H2,1-17H3,(H,83,95)(H,84,98)(H,85,99)/b25-24-,27-18+/t46-,47?,48?,49?,51+,52?,53?,54-,55-,56-,57-,58-,59-,63?,64-,65-/m0/s1. The molecule has 3 saturated carbocycles. The van der Waals surface area contributed by atoms with Gasteiger partial charge in [-0.15, -0.1) is 0 Å². The Labute approximate surface area is 629 Å². The highest BCUT2D eigenvalue weighted by Crippen LogP contribution is 2.50. The van der Waals surface area contributed by atoms with Gasteiger partial charge >= 0.3 is 6.18 Å². The van der Waals surface area contributed by atoms with Gasteiger partial charge in [-0.2, -0.15) is 13.2 Å². The third-order valence-corrected chi connectivity index (χ3v) is 23.6. The summed E-state index contributed by atoms with van der Waals surface area (Å²) in [4.78, 5) is 192. The number of carbonyl (C=O) groups is 12. The smallest absolute Gasteiger partial charge is 0.377 e. The van der Waals surface area contributed by atoms with Gasteiger partial charge in [-0.1, -0.05) is 92.0 Å². The number of allylic oxidation sites excluding steroid dienone is 2. The number of fused-ring (bicyclic) bond motifs is 3. The van der Waals surface area contributed by atoms with Gasteiger partial charge in [0.15, 0.2) is 0 Å². The first-order chi connectivity index (χ1) is 50.2. The first kappa shape index (κ1) is 88.6. The lowest BCUT2D eigenvalue weighted by atomic mass is 9.58. The van der Waals surface area contributed by atoms with Crippen molar-refractivity contribution in [2.45, 2.75) is 263 Å². The van der Waals surface area contributed by atoms with E-state index in [-0.39, 0.29) is 76.5 Å². The molecule has 12 amide bonds. The predicted octanol–water partition coefficient (Wildman–Crippen LogP) is 6.61. The van der Waals surface area contributed by atoms with Crippen LogP contribution < -0.4 is 16.0 Å². The highest BCUT2D eigenvalue weighted by Gasteiger charge is 2.60. The van der Waals surface area contributed by atoms with E-state index in [0.29, 0.717) is 38.5 Å². The maximum atomic E-state index is 15.7. The summed E-state index contributed by atoms with van der Waals surface area (Å²) >= 11 is 0. The van der Waals surface area contributed by atoms with Crippen LogP contribution in [-0.4, -0.2) is 283 Å². The number of nitrogens with zero attached hydrogens (tertiary/aromatic N) is 9. The largest absolute Gasteiger partial charge is 0.397 e. The average molecular weight is 1520 g/mol. The van der Waals surface area contributed by atoms with Crippen LogP contribution in [0, 0.1) is 40.9 Å². The zero-order valence-electron chi connectivity index (χ0n) is 66.3. The molecular weight excluding hydrogens is 1400 g/mol. The van der Waals surface area contributed by atoms with Crippen molar-refractivity contribution in [3.63, 3.8) is 0 Å². The Morgan fingerprint density at radius 3 is 1.85 bits per heavy atom. The van der Waals surface area contributed by atoms with E-state index in [1.54, 1.807) is 26.8 Å². The van der Waals surface area contributed by atoms with E-state index in [9.17, 15) is 41.9 Å². The molecule has 0 radical (unpaired) electrons. The number of halogens is 5. The maximum absolute atomic E-state index is 15.7. The SMILES string of the molecule is C/C=C/C1CCC(C[C@H]2C(=O)N(C)CC(=O)N[C@@H](CCC3CC(F)C(C(F)(F)F)C(F)C3)C(=O)N3C[C@H](OCC)C[C@H]3C(=O)NC3(CC(C)(C)C3)C(=O)N(C)[C@@H](C(CC)CC)C(=O)N(C)[C@H](C(=O)N(C)C)CC(=O)N(C)[C@@H](CC)C(=O)N[C@@H]([C@@H](C)CC)C(=O)N(C)CC(=O)N(C)[C@H]3C/C=C\CCN2C3=O)CC1. The molecule has 30 heteroatoms. The van der Waals surface area contributed by atoms with Gasteiger partial charge < -0.3 is 64.8 Å². The van der Waals surface area contributed by atoms with Crippen molar-refractivity contribution in [3.8, 4) is 0 Å². The van der Waals surface area contributed by atoms with Gasteiger partial charge in [0, 0.05) is 82.5 Å². The minimum absolute atomic E-state index is 0.00488. The van der Waals surface area contributed by atoms with Gasteiger partial charge in [-0.05, 0) is 139 Å². The summed E-state index contributed by atoms with van der Waals surface area (Å²) in [6, 6.07) is -10.8. The van der Waals surface area contributed by atoms with Crippen LogP contribution in [0.4, 0.5) is 22.0 Å². The summed E-state index contributed by atoms with van der Waals surface area (Å²) < 4.78 is 79.1. The normalized spacial score (nSPS) is 31.7. The van der Waals surface area contributed by atoms with E-state index < -0.39 is 217 Å². The van der Waals surface area contributed by atoms with Gasteiger partial charge in [0.25, 0.3) is 0 Å². The van der Waals surface area contributed by atoms with Crippen molar-refractivity contribution in [1.29, 1.82) is 0 Å². The van der Waals surface area contributed by atoms with E-state index >= 15 is 37.5 Å². The third kappa shape index (κ3) is 21.6. The Bertz CT molecular complexity index is 3200. The lowest BCUT2D eigenvalue weighted by molar-refractivity contribution is -0.219. The molecule has 3 aliphatic heterocycles. The zero-order valence-corrected chi connectivity index (χ0v) is 66.3. The molecule has 1 spiro atoms.